The fourth-order valence-corrected chi connectivity index (χ4v) is 10.3. The molecule has 0 aliphatic rings. The number of carbonyl (C=O) groups excluding carboxylic acids is 1. The summed E-state index contributed by atoms with van der Waals surface area (Å²) in [4.78, 5) is 28.8. The molecule has 0 fully saturated rings. The van der Waals surface area contributed by atoms with E-state index in [-0.39, 0.29) is 18.5 Å². The number of thioether (sulfide) groups is 7. The van der Waals surface area contributed by atoms with Gasteiger partial charge in [0.1, 0.15) is 6.61 Å². The van der Waals surface area contributed by atoms with Crippen LogP contribution in [-0.4, -0.2) is 115 Å². The summed E-state index contributed by atoms with van der Waals surface area (Å²) in [6.45, 7) is 1.43. The fourth-order valence-electron chi connectivity index (χ4n) is 1.64. The van der Waals surface area contributed by atoms with Gasteiger partial charge in [0.15, 0.2) is 0 Å². The highest BCUT2D eigenvalue weighted by molar-refractivity contribution is 8.23. The van der Waals surface area contributed by atoms with E-state index in [9.17, 15) is 9.00 Å². The number of aliphatic hydroxyl groups excluding tert-OH is 1. The maximum Gasteiger partial charge on any atom is 0.279 e. The molecule has 0 aromatic heterocycles. The quantitative estimate of drug-likeness (QED) is 0.0380. The van der Waals surface area contributed by atoms with Gasteiger partial charge in [-0.05, 0) is 0 Å². The third-order valence-corrected chi connectivity index (χ3v) is 12.7. The Kier molecular flexibility index (Phi) is 31.4. The Hall–Kier alpha value is 1.13. The summed E-state index contributed by atoms with van der Waals surface area (Å²) in [5.41, 5.74) is 1.49. The van der Waals surface area contributed by atoms with E-state index in [1.165, 1.54) is 23.7 Å². The average Bonchev–Trinajstić information content (AvgIpc) is 2.83. The molecule has 16 heteroatoms. The van der Waals surface area contributed by atoms with E-state index in [4.69, 9.17) is 5.11 Å². The highest BCUT2D eigenvalue weighted by Crippen LogP contribution is 2.19. The molecular formula is C18H35N3O5S8. The van der Waals surface area contributed by atoms with Crippen molar-refractivity contribution < 1.29 is 23.9 Å². The lowest BCUT2D eigenvalue weighted by Crippen LogP contribution is -2.22. The van der Waals surface area contributed by atoms with Crippen LogP contribution in [0.25, 0.3) is 0 Å². The molecule has 0 aliphatic heterocycles. The van der Waals surface area contributed by atoms with Gasteiger partial charge in [0.25, 0.3) is 5.24 Å². The summed E-state index contributed by atoms with van der Waals surface area (Å²) < 4.78 is 11.4. The standard InChI is InChI=1S/C18H35N3O5S8/c1-19-13-34(24)11-10-30-17-32-16-29-8-9-33-18(23)21-3-7-28-15-31-14-27-6-2-20-12-26-25-5-4-22/h12-13,22H,2-11,14-17H2,1H3,(H,21,23). The van der Waals surface area contributed by atoms with Crippen LogP contribution in [0.1, 0.15) is 0 Å². The smallest absolute Gasteiger partial charge is 0.279 e. The molecule has 0 saturated carbocycles. The normalized spacial score (nSPS) is 12.5. The Balaban J connectivity index is 3.23. The number of hydrogen-bond donors (Lipinski definition) is 2. The molecule has 0 saturated heterocycles. The Morgan fingerprint density at radius 1 is 0.971 bits per heavy atom. The predicted octanol–water partition coefficient (Wildman–Crippen LogP) is 4.03. The Bertz CT molecular complexity index is 550. The molecule has 34 heavy (non-hydrogen) atoms. The van der Waals surface area contributed by atoms with Crippen LogP contribution in [0.4, 0.5) is 4.79 Å². The zero-order valence-corrected chi connectivity index (χ0v) is 25.8. The van der Waals surface area contributed by atoms with Crippen LogP contribution < -0.4 is 5.32 Å². The van der Waals surface area contributed by atoms with Gasteiger partial charge in [-0.1, -0.05) is 11.8 Å². The first-order valence-electron chi connectivity index (χ1n) is 10.2. The molecule has 0 rings (SSSR count). The first kappa shape index (κ1) is 35.1. The summed E-state index contributed by atoms with van der Waals surface area (Å²) in [5, 5.41) is 15.5. The summed E-state index contributed by atoms with van der Waals surface area (Å²) >= 11 is 12.4. The third-order valence-electron chi connectivity index (χ3n) is 3.02. The minimum atomic E-state index is -0.930. The maximum atomic E-state index is 11.8. The molecule has 0 radical (unpaired) electrons. The molecule has 1 unspecified atom stereocenters. The third kappa shape index (κ3) is 29.4. The number of aliphatic imine (C=N–C) groups is 2. The molecule has 1 amide bonds. The van der Waals surface area contributed by atoms with E-state index in [0.717, 1.165) is 49.1 Å². The molecule has 8 nitrogen and oxygen atoms in total. The van der Waals surface area contributed by atoms with Gasteiger partial charge in [0, 0.05) is 68.4 Å². The van der Waals surface area contributed by atoms with Gasteiger partial charge in [-0.3, -0.25) is 19.0 Å². The van der Waals surface area contributed by atoms with Crippen molar-refractivity contribution in [3.05, 3.63) is 0 Å². The largest absolute Gasteiger partial charge is 0.394 e. The van der Waals surface area contributed by atoms with Gasteiger partial charge in [-0.2, -0.15) is 28.4 Å². The molecule has 0 aliphatic carbocycles. The van der Waals surface area contributed by atoms with E-state index in [1.807, 2.05) is 58.8 Å². The number of amides is 1. The van der Waals surface area contributed by atoms with Crippen molar-refractivity contribution in [2.24, 2.45) is 9.98 Å². The number of carbonyl (C=O) groups is 1. The van der Waals surface area contributed by atoms with Crippen molar-refractivity contribution in [1.29, 1.82) is 0 Å². The highest BCUT2D eigenvalue weighted by Gasteiger charge is 2.02. The van der Waals surface area contributed by atoms with Crippen molar-refractivity contribution in [3.63, 3.8) is 0 Å². The molecule has 0 aromatic carbocycles. The topological polar surface area (TPSA) is 110 Å². The number of aliphatic hydroxyl groups is 1. The minimum absolute atomic E-state index is 0.0579. The van der Waals surface area contributed by atoms with E-state index >= 15 is 0 Å². The lowest BCUT2D eigenvalue weighted by molar-refractivity contribution is -0.221. The Morgan fingerprint density at radius 3 is 2.35 bits per heavy atom. The summed E-state index contributed by atoms with van der Waals surface area (Å²) in [6, 6.07) is 0. The number of nitrogens with one attached hydrogen (secondary N) is 1. The number of nitrogens with zero attached hydrogens (tertiary/aromatic N) is 2. The maximum absolute atomic E-state index is 11.8. The molecule has 1 atom stereocenters. The molecule has 0 bridgehead atoms. The lowest BCUT2D eigenvalue weighted by Gasteiger charge is -2.05. The van der Waals surface area contributed by atoms with Crippen molar-refractivity contribution in [2.45, 2.75) is 0 Å². The zero-order valence-electron chi connectivity index (χ0n) is 19.3. The van der Waals surface area contributed by atoms with Crippen LogP contribution >= 0.6 is 82.3 Å². The van der Waals surface area contributed by atoms with E-state index in [0.29, 0.717) is 18.8 Å². The molecule has 2 N–H and O–H groups in total. The van der Waals surface area contributed by atoms with Crippen molar-refractivity contribution in [3.8, 4) is 0 Å². The second-order valence-corrected chi connectivity index (χ2v) is 16.0. The molecule has 0 aromatic rings. The van der Waals surface area contributed by atoms with E-state index < -0.39 is 10.8 Å². The van der Waals surface area contributed by atoms with Gasteiger partial charge in [0.2, 0.25) is 6.40 Å². The van der Waals surface area contributed by atoms with Crippen LogP contribution in [0, 0.1) is 0 Å². The second-order valence-electron chi connectivity index (χ2n) is 5.68. The van der Waals surface area contributed by atoms with Gasteiger partial charge in [-0.25, -0.2) is 0 Å². The molecular weight excluding hydrogens is 595 g/mol. The van der Waals surface area contributed by atoms with E-state index in [2.05, 4.69) is 25.1 Å². The van der Waals surface area contributed by atoms with Crippen LogP contribution in [-0.2, 0) is 20.6 Å². The van der Waals surface area contributed by atoms with Crippen LogP contribution in [0.5, 0.6) is 0 Å². The van der Waals surface area contributed by atoms with Gasteiger partial charge >= 0.3 is 0 Å². The van der Waals surface area contributed by atoms with Crippen LogP contribution in [0.2, 0.25) is 0 Å². The number of rotatable bonds is 25. The van der Waals surface area contributed by atoms with Crippen molar-refractivity contribution in [1.82, 2.24) is 5.32 Å². The molecule has 200 valence electrons. The van der Waals surface area contributed by atoms with Crippen molar-refractivity contribution >= 4 is 110 Å². The Labute approximate surface area is 236 Å². The summed E-state index contributed by atoms with van der Waals surface area (Å²) in [7, 11) is 0.710. The number of hydrogen-bond acceptors (Lipinski definition) is 14. The van der Waals surface area contributed by atoms with Crippen molar-refractivity contribution in [2.75, 3.05) is 88.2 Å². The monoisotopic (exact) mass is 629 g/mol. The van der Waals surface area contributed by atoms with Crippen LogP contribution in [0.3, 0.4) is 0 Å². The van der Waals surface area contributed by atoms with Gasteiger partial charge in [0.05, 0.1) is 29.5 Å². The van der Waals surface area contributed by atoms with Crippen LogP contribution in [0.15, 0.2) is 9.98 Å². The molecule has 0 spiro atoms. The summed E-state index contributed by atoms with van der Waals surface area (Å²) in [6.07, 6.45) is 1.25. The minimum Gasteiger partial charge on any atom is -0.394 e. The molecule has 0 heterocycles. The first-order chi connectivity index (χ1) is 16.7. The summed E-state index contributed by atoms with van der Waals surface area (Å²) in [5.74, 6) is 5.17. The first-order valence-corrected chi connectivity index (χ1v) is 19.5. The Morgan fingerprint density at radius 2 is 1.65 bits per heavy atom. The SMILES string of the molecule is CN=CS(=O)CCSCSCSCCSC(=O)NCCSCSCSCCN=COOCCO. The van der Waals surface area contributed by atoms with Gasteiger partial charge < -0.3 is 15.3 Å². The zero-order chi connectivity index (χ0) is 25.0. The second kappa shape index (κ2) is 30.4. The van der Waals surface area contributed by atoms with Gasteiger partial charge in [-0.15, -0.1) is 47.0 Å². The lowest BCUT2D eigenvalue weighted by atomic mass is 10.8. The fraction of sp³-hybridized carbons (Fsp3) is 0.833. The highest BCUT2D eigenvalue weighted by atomic mass is 32.2. The predicted molar refractivity (Wildman–Crippen MR) is 165 cm³/mol. The average molecular weight is 630 g/mol. The van der Waals surface area contributed by atoms with E-state index in [1.54, 1.807) is 18.8 Å².